The molecule has 1 aromatic rings. The van der Waals surface area contributed by atoms with Gasteiger partial charge in [0.05, 0.1) is 10.9 Å². The van der Waals surface area contributed by atoms with E-state index in [-0.39, 0.29) is 17.8 Å². The van der Waals surface area contributed by atoms with Crippen LogP contribution in [0.3, 0.4) is 0 Å². The number of nitrogens with one attached hydrogen (secondary N) is 1. The number of rotatable bonds is 2. The Morgan fingerprint density at radius 1 is 1.32 bits per heavy atom. The highest BCUT2D eigenvalue weighted by Gasteiger charge is 2.23. The number of halogens is 1. The molecule has 1 amide bonds. The molecule has 1 atom stereocenters. The number of benzene rings is 1. The molecule has 19 heavy (non-hydrogen) atoms. The Hall–Kier alpha value is -1.62. The smallest absolute Gasteiger partial charge is 0.286 e. The molecule has 0 saturated carbocycles. The summed E-state index contributed by atoms with van der Waals surface area (Å²) in [5, 5.41) is 3.76. The summed E-state index contributed by atoms with van der Waals surface area (Å²) >= 11 is 1.35. The van der Waals surface area contributed by atoms with Gasteiger partial charge in [-0.2, -0.15) is 4.99 Å². The fourth-order valence-electron chi connectivity index (χ4n) is 1.70. The Morgan fingerprint density at radius 2 is 1.95 bits per heavy atom. The van der Waals surface area contributed by atoms with Gasteiger partial charge >= 0.3 is 0 Å². The van der Waals surface area contributed by atoms with Crippen molar-refractivity contribution >= 4 is 22.8 Å². The summed E-state index contributed by atoms with van der Waals surface area (Å²) in [4.78, 5) is 16.3. The Balaban J connectivity index is 2.07. The molecule has 1 N–H and O–H groups in total. The Bertz CT molecular complexity index is 559. The molecule has 0 aromatic heterocycles. The molecule has 0 radical (unpaired) electrons. The van der Waals surface area contributed by atoms with E-state index in [2.05, 4.69) is 10.3 Å². The Kier molecular flexibility index (Phi) is 4.04. The van der Waals surface area contributed by atoms with Crippen LogP contribution in [-0.2, 0) is 4.79 Å². The van der Waals surface area contributed by atoms with E-state index in [4.69, 9.17) is 0 Å². The fourth-order valence-corrected chi connectivity index (χ4v) is 2.60. The molecule has 0 aliphatic carbocycles. The van der Waals surface area contributed by atoms with E-state index in [1.165, 1.54) is 23.9 Å². The molecule has 3 nitrogen and oxygen atoms in total. The number of amidine groups is 1. The van der Waals surface area contributed by atoms with Crippen LogP contribution < -0.4 is 5.32 Å². The summed E-state index contributed by atoms with van der Waals surface area (Å²) in [5.74, 6) is -0.454. The zero-order chi connectivity index (χ0) is 14.0. The van der Waals surface area contributed by atoms with Gasteiger partial charge in [0, 0.05) is 0 Å². The number of carbonyl (C=O) groups excluding carboxylic acids is 1. The molecule has 0 bridgehead atoms. The lowest BCUT2D eigenvalue weighted by atomic mass is 10.1. The van der Waals surface area contributed by atoms with Crippen LogP contribution in [0.2, 0.25) is 0 Å². The van der Waals surface area contributed by atoms with E-state index >= 15 is 0 Å². The van der Waals surface area contributed by atoms with Gasteiger partial charge in [0.15, 0.2) is 5.17 Å². The van der Waals surface area contributed by atoms with Crippen molar-refractivity contribution in [2.45, 2.75) is 26.8 Å². The molecule has 0 unspecified atom stereocenters. The highest BCUT2D eigenvalue weighted by Crippen LogP contribution is 2.29. The molecule has 0 saturated heterocycles. The summed E-state index contributed by atoms with van der Waals surface area (Å²) in [7, 11) is 0. The van der Waals surface area contributed by atoms with E-state index in [9.17, 15) is 9.18 Å². The van der Waals surface area contributed by atoms with Gasteiger partial charge in [-0.1, -0.05) is 17.7 Å². The second-order valence-corrected chi connectivity index (χ2v) is 5.57. The standard InChI is InChI=1S/C14H15FN2OS/c1-8(2)12-13(18)17-14(19-12)16-9(3)10-4-6-11(15)7-5-10/h4-7,9H,1-3H3,(H,16,17,18)/t9-/m1/s1. The van der Waals surface area contributed by atoms with Gasteiger partial charge in [0.1, 0.15) is 5.82 Å². The lowest BCUT2D eigenvalue weighted by Gasteiger charge is -2.14. The zero-order valence-corrected chi connectivity index (χ0v) is 11.8. The normalized spacial score (nSPS) is 16.3. The highest BCUT2D eigenvalue weighted by atomic mass is 32.2. The number of amides is 1. The SMILES string of the molecule is CC(C)=C1SC(N[C@H](C)c2ccc(F)cc2)=NC1=O. The third-order valence-electron chi connectivity index (χ3n) is 2.76. The van der Waals surface area contributed by atoms with Crippen molar-refractivity contribution in [1.29, 1.82) is 0 Å². The maximum Gasteiger partial charge on any atom is 0.286 e. The minimum atomic E-state index is -0.259. The van der Waals surface area contributed by atoms with E-state index in [0.717, 1.165) is 11.1 Å². The van der Waals surface area contributed by atoms with Crippen LogP contribution in [0.25, 0.3) is 0 Å². The van der Waals surface area contributed by atoms with Crippen LogP contribution in [0.5, 0.6) is 0 Å². The molecule has 5 heteroatoms. The number of hydrogen-bond donors (Lipinski definition) is 1. The molecular formula is C14H15FN2OS. The van der Waals surface area contributed by atoms with Crippen molar-refractivity contribution in [3.63, 3.8) is 0 Å². The number of hydrogen-bond acceptors (Lipinski definition) is 3. The maximum absolute atomic E-state index is 12.8. The number of carbonyl (C=O) groups is 1. The van der Waals surface area contributed by atoms with Gasteiger partial charge in [0.2, 0.25) is 0 Å². The summed E-state index contributed by atoms with van der Waals surface area (Å²) in [6.07, 6.45) is 0. The first-order valence-electron chi connectivity index (χ1n) is 5.97. The summed E-state index contributed by atoms with van der Waals surface area (Å²) < 4.78 is 12.8. The summed E-state index contributed by atoms with van der Waals surface area (Å²) in [6, 6.07) is 6.25. The first kappa shape index (κ1) is 13.8. The number of allylic oxidation sites excluding steroid dienone is 1. The van der Waals surface area contributed by atoms with Crippen LogP contribution in [0.4, 0.5) is 4.39 Å². The van der Waals surface area contributed by atoms with E-state index < -0.39 is 0 Å². The number of thioether (sulfide) groups is 1. The summed E-state index contributed by atoms with van der Waals surface area (Å²) in [6.45, 7) is 5.73. The second-order valence-electron chi connectivity index (χ2n) is 4.57. The minimum absolute atomic E-state index is 0.0313. The highest BCUT2D eigenvalue weighted by molar-refractivity contribution is 8.18. The van der Waals surface area contributed by atoms with Gasteiger partial charge in [0.25, 0.3) is 5.91 Å². The van der Waals surface area contributed by atoms with Gasteiger partial charge in [-0.3, -0.25) is 4.79 Å². The number of aliphatic imine (C=N–C) groups is 1. The molecular weight excluding hydrogens is 263 g/mol. The van der Waals surface area contributed by atoms with Crippen LogP contribution in [0.15, 0.2) is 39.7 Å². The van der Waals surface area contributed by atoms with Crippen molar-refractivity contribution < 1.29 is 9.18 Å². The predicted molar refractivity (Wildman–Crippen MR) is 76.4 cm³/mol. The van der Waals surface area contributed by atoms with Crippen LogP contribution in [0, 0.1) is 5.82 Å². The Labute approximate surface area is 116 Å². The van der Waals surface area contributed by atoms with E-state index in [0.29, 0.717) is 10.1 Å². The van der Waals surface area contributed by atoms with Gasteiger partial charge < -0.3 is 5.32 Å². The van der Waals surface area contributed by atoms with Gasteiger partial charge in [-0.15, -0.1) is 0 Å². The first-order chi connectivity index (χ1) is 8.97. The molecule has 1 heterocycles. The quantitative estimate of drug-likeness (QED) is 0.843. The second kappa shape index (κ2) is 5.57. The number of nitrogens with zero attached hydrogens (tertiary/aromatic N) is 1. The lowest BCUT2D eigenvalue weighted by molar-refractivity contribution is -0.113. The van der Waals surface area contributed by atoms with Crippen molar-refractivity contribution in [2.75, 3.05) is 0 Å². The van der Waals surface area contributed by atoms with Crippen molar-refractivity contribution in [3.8, 4) is 0 Å². The molecule has 0 fully saturated rings. The monoisotopic (exact) mass is 278 g/mol. The molecule has 1 aliphatic heterocycles. The fraction of sp³-hybridized carbons (Fsp3) is 0.286. The largest absolute Gasteiger partial charge is 0.358 e. The predicted octanol–water partition coefficient (Wildman–Crippen LogP) is 3.40. The average molecular weight is 278 g/mol. The van der Waals surface area contributed by atoms with Crippen LogP contribution in [0.1, 0.15) is 32.4 Å². The minimum Gasteiger partial charge on any atom is -0.358 e. The van der Waals surface area contributed by atoms with E-state index in [1.807, 2.05) is 20.8 Å². The van der Waals surface area contributed by atoms with Gasteiger partial charge in [-0.25, -0.2) is 4.39 Å². The molecule has 0 spiro atoms. The third kappa shape index (κ3) is 3.23. The zero-order valence-electron chi connectivity index (χ0n) is 11.0. The molecule has 100 valence electrons. The Morgan fingerprint density at radius 3 is 2.47 bits per heavy atom. The van der Waals surface area contributed by atoms with Crippen molar-refractivity contribution in [1.82, 2.24) is 5.32 Å². The molecule has 1 aromatic carbocycles. The van der Waals surface area contributed by atoms with Gasteiger partial charge in [-0.05, 0) is 50.2 Å². The topological polar surface area (TPSA) is 41.5 Å². The molecule has 2 rings (SSSR count). The third-order valence-corrected chi connectivity index (χ3v) is 3.95. The lowest BCUT2D eigenvalue weighted by Crippen LogP contribution is -2.22. The average Bonchev–Trinajstić information content (AvgIpc) is 2.71. The van der Waals surface area contributed by atoms with Crippen LogP contribution in [-0.4, -0.2) is 11.1 Å². The van der Waals surface area contributed by atoms with E-state index in [1.54, 1.807) is 12.1 Å². The van der Waals surface area contributed by atoms with Crippen molar-refractivity contribution in [3.05, 3.63) is 46.1 Å². The first-order valence-corrected chi connectivity index (χ1v) is 6.79. The summed E-state index contributed by atoms with van der Waals surface area (Å²) in [5.41, 5.74) is 1.91. The van der Waals surface area contributed by atoms with Crippen molar-refractivity contribution in [2.24, 2.45) is 4.99 Å². The molecule has 1 aliphatic rings. The van der Waals surface area contributed by atoms with Crippen LogP contribution >= 0.6 is 11.8 Å². The maximum atomic E-state index is 12.8.